The number of allylic oxidation sites excluding steroid dienone is 2. The summed E-state index contributed by atoms with van der Waals surface area (Å²) in [6, 6.07) is 43.7. The number of hydrogen-bond donors (Lipinski definition) is 0. The van der Waals surface area contributed by atoms with Crippen LogP contribution >= 0.6 is 23.5 Å². The fourth-order valence-electron chi connectivity index (χ4n) is 6.44. The first-order chi connectivity index (χ1) is 20.7. The predicted octanol–water partition coefficient (Wildman–Crippen LogP) is 10.9. The van der Waals surface area contributed by atoms with Crippen LogP contribution in [0.4, 0.5) is 0 Å². The van der Waals surface area contributed by atoms with Crippen LogP contribution in [0.3, 0.4) is 0 Å². The van der Waals surface area contributed by atoms with Gasteiger partial charge in [0.05, 0.1) is 0 Å². The number of thioether (sulfide) groups is 2. The summed E-state index contributed by atoms with van der Waals surface area (Å²) in [5, 5.41) is 35.1. The second kappa shape index (κ2) is 9.97. The molecule has 196 valence electrons. The third kappa shape index (κ3) is 3.88. The van der Waals surface area contributed by atoms with Crippen molar-refractivity contribution in [3.05, 3.63) is 130 Å². The second-order valence-corrected chi connectivity index (χ2v) is 12.6. The van der Waals surface area contributed by atoms with E-state index in [1.54, 1.807) is 0 Å². The first-order valence-corrected chi connectivity index (χ1v) is 15.8. The first-order valence-electron chi connectivity index (χ1n) is 13.8. The van der Waals surface area contributed by atoms with E-state index in [9.17, 15) is 10.5 Å². The molecule has 8 aromatic rings. The summed E-state index contributed by atoms with van der Waals surface area (Å²) in [6.07, 6.45) is 0. The van der Waals surface area contributed by atoms with Gasteiger partial charge in [-0.25, -0.2) is 0 Å². The highest BCUT2D eigenvalue weighted by atomic mass is 32.2. The number of benzene rings is 8. The number of nitriles is 2. The van der Waals surface area contributed by atoms with Crippen molar-refractivity contribution in [3.8, 4) is 12.1 Å². The van der Waals surface area contributed by atoms with Crippen LogP contribution in [-0.2, 0) is 11.5 Å². The Hall–Kier alpha value is -4.74. The average molecular weight is 571 g/mol. The number of hydrogen-bond acceptors (Lipinski definition) is 4. The zero-order valence-electron chi connectivity index (χ0n) is 22.5. The molecule has 8 aromatic carbocycles. The minimum absolute atomic E-state index is 0.478. The van der Waals surface area contributed by atoms with Crippen LogP contribution in [0.2, 0.25) is 0 Å². The highest BCUT2D eigenvalue weighted by Gasteiger charge is 2.15. The topological polar surface area (TPSA) is 47.6 Å². The third-order valence-electron chi connectivity index (χ3n) is 8.39. The molecule has 0 saturated heterocycles. The van der Waals surface area contributed by atoms with E-state index in [1.165, 1.54) is 99.3 Å². The molecular formula is C38H22N2S2. The van der Waals surface area contributed by atoms with Gasteiger partial charge in [-0.1, -0.05) is 109 Å². The summed E-state index contributed by atoms with van der Waals surface area (Å²) >= 11 is 2.92. The fraction of sp³-hybridized carbons (Fsp3) is 0.0526. The molecular weight excluding hydrogens is 549 g/mol. The molecule has 0 aliphatic carbocycles. The molecule has 0 aromatic heterocycles. The van der Waals surface area contributed by atoms with Crippen molar-refractivity contribution in [3.63, 3.8) is 0 Å². The van der Waals surface area contributed by atoms with Gasteiger partial charge in [0.15, 0.2) is 0 Å². The third-order valence-corrected chi connectivity index (χ3v) is 10.6. The Kier molecular flexibility index (Phi) is 5.93. The molecule has 42 heavy (non-hydrogen) atoms. The summed E-state index contributed by atoms with van der Waals surface area (Å²) in [4.78, 5) is 0.955. The Bertz CT molecular complexity index is 2240. The zero-order chi connectivity index (χ0) is 28.2. The summed E-state index contributed by atoms with van der Waals surface area (Å²) in [5.41, 5.74) is 2.35. The van der Waals surface area contributed by atoms with E-state index in [1.807, 2.05) is 0 Å². The van der Waals surface area contributed by atoms with Crippen LogP contribution in [0.5, 0.6) is 0 Å². The zero-order valence-corrected chi connectivity index (χ0v) is 24.2. The lowest BCUT2D eigenvalue weighted by atomic mass is 9.92. The molecule has 0 atom stereocenters. The van der Waals surface area contributed by atoms with E-state index in [0.717, 1.165) is 0 Å². The molecule has 0 spiro atoms. The van der Waals surface area contributed by atoms with E-state index in [2.05, 4.69) is 121 Å². The van der Waals surface area contributed by atoms with Crippen molar-refractivity contribution in [2.24, 2.45) is 0 Å². The normalized spacial score (nSPS) is 12.5. The maximum absolute atomic E-state index is 10.1. The van der Waals surface area contributed by atoms with Crippen LogP contribution in [-0.4, -0.2) is 0 Å². The Balaban J connectivity index is 1.11. The van der Waals surface area contributed by atoms with Crippen LogP contribution in [0, 0.1) is 22.7 Å². The molecule has 0 radical (unpaired) electrons. The minimum atomic E-state index is 0.478. The minimum Gasteiger partial charge on any atom is -0.192 e. The van der Waals surface area contributed by atoms with Crippen molar-refractivity contribution in [1.82, 2.24) is 0 Å². The Morgan fingerprint density at radius 2 is 0.762 bits per heavy atom. The van der Waals surface area contributed by atoms with Gasteiger partial charge in [0.1, 0.15) is 21.9 Å². The van der Waals surface area contributed by atoms with Gasteiger partial charge in [0.25, 0.3) is 0 Å². The van der Waals surface area contributed by atoms with Gasteiger partial charge in [0, 0.05) is 11.5 Å². The van der Waals surface area contributed by atoms with Crippen molar-refractivity contribution < 1.29 is 0 Å². The molecule has 0 saturated carbocycles. The second-order valence-electron chi connectivity index (χ2n) is 10.6. The highest BCUT2D eigenvalue weighted by Crippen LogP contribution is 2.40. The molecule has 0 unspecified atom stereocenters. The van der Waals surface area contributed by atoms with E-state index < -0.39 is 0 Å². The standard InChI is InChI=1S/C38H22N2S2/c39-19-33(41-21-29-13-11-27-9-7-23-3-1-5-25-15-17-31(29)37(27)35(23)25)34(20-40)42-22-30-14-12-28-10-8-24-4-2-6-26-16-18-32(30)38(28)36(24)26/h1-18H,21-22H2/b34-33+. The van der Waals surface area contributed by atoms with Gasteiger partial charge in [-0.2, -0.15) is 10.5 Å². The molecule has 0 bridgehead atoms. The average Bonchev–Trinajstić information content (AvgIpc) is 3.04. The molecule has 0 fully saturated rings. The molecule has 0 aliphatic rings. The Labute approximate surface area is 251 Å². The molecule has 0 aliphatic heterocycles. The van der Waals surface area contributed by atoms with E-state index >= 15 is 0 Å². The molecule has 2 nitrogen and oxygen atoms in total. The van der Waals surface area contributed by atoms with Crippen LogP contribution < -0.4 is 0 Å². The maximum Gasteiger partial charge on any atom is 0.109 e. The molecule has 0 N–H and O–H groups in total. The van der Waals surface area contributed by atoms with Gasteiger partial charge in [-0.05, 0) is 75.8 Å². The van der Waals surface area contributed by atoms with Crippen molar-refractivity contribution in [1.29, 1.82) is 10.5 Å². The van der Waals surface area contributed by atoms with Crippen molar-refractivity contribution in [2.75, 3.05) is 0 Å². The summed E-state index contributed by atoms with van der Waals surface area (Å²) in [6.45, 7) is 0. The first kappa shape index (κ1) is 25.0. The van der Waals surface area contributed by atoms with Gasteiger partial charge in [-0.15, -0.1) is 23.5 Å². The lowest BCUT2D eigenvalue weighted by Gasteiger charge is -2.14. The summed E-state index contributed by atoms with van der Waals surface area (Å²) in [5.74, 6) is 1.25. The van der Waals surface area contributed by atoms with E-state index in [0.29, 0.717) is 21.3 Å². The number of rotatable bonds is 6. The van der Waals surface area contributed by atoms with E-state index in [-0.39, 0.29) is 0 Å². The molecule has 8 rings (SSSR count). The van der Waals surface area contributed by atoms with E-state index in [4.69, 9.17) is 0 Å². The van der Waals surface area contributed by atoms with Gasteiger partial charge >= 0.3 is 0 Å². The van der Waals surface area contributed by atoms with Crippen LogP contribution in [0.25, 0.3) is 64.6 Å². The lowest BCUT2D eigenvalue weighted by Crippen LogP contribution is -1.91. The van der Waals surface area contributed by atoms with Crippen molar-refractivity contribution >= 4 is 88.2 Å². The fourth-order valence-corrected chi connectivity index (χ4v) is 8.38. The van der Waals surface area contributed by atoms with Gasteiger partial charge < -0.3 is 0 Å². The lowest BCUT2D eigenvalue weighted by molar-refractivity contribution is 1.46. The molecule has 0 amide bonds. The van der Waals surface area contributed by atoms with Crippen LogP contribution in [0.1, 0.15) is 11.1 Å². The molecule has 0 heterocycles. The smallest absolute Gasteiger partial charge is 0.109 e. The Morgan fingerprint density at radius 1 is 0.429 bits per heavy atom. The van der Waals surface area contributed by atoms with Gasteiger partial charge in [0.2, 0.25) is 0 Å². The SMILES string of the molecule is N#C/C(SCc1ccc2ccc3cccc4ccc1c2c34)=C(/C#N)SCc1ccc2ccc3cccc4ccc1c2c34. The summed E-state index contributed by atoms with van der Waals surface area (Å²) in [7, 11) is 0. The van der Waals surface area contributed by atoms with Crippen LogP contribution in [0.15, 0.2) is 119 Å². The number of nitrogens with zero attached hydrogens (tertiary/aromatic N) is 2. The van der Waals surface area contributed by atoms with Crippen molar-refractivity contribution in [2.45, 2.75) is 11.5 Å². The quantitative estimate of drug-likeness (QED) is 0.147. The van der Waals surface area contributed by atoms with Gasteiger partial charge in [-0.3, -0.25) is 0 Å². The maximum atomic E-state index is 10.1. The largest absolute Gasteiger partial charge is 0.192 e. The highest BCUT2D eigenvalue weighted by molar-refractivity contribution is 8.06. The summed E-state index contributed by atoms with van der Waals surface area (Å²) < 4.78 is 0. The molecule has 4 heteroatoms. The predicted molar refractivity (Wildman–Crippen MR) is 181 cm³/mol. The monoisotopic (exact) mass is 570 g/mol. The Morgan fingerprint density at radius 3 is 1.14 bits per heavy atom.